The average molecular weight is 306 g/mol. The molecular formula is C16H19FN2OS. The summed E-state index contributed by atoms with van der Waals surface area (Å²) in [7, 11) is 1.63. The Morgan fingerprint density at radius 2 is 2.05 bits per heavy atom. The Kier molecular flexibility index (Phi) is 5.61. The zero-order valence-corrected chi connectivity index (χ0v) is 12.9. The number of benzene rings is 2. The first-order valence-corrected chi connectivity index (χ1v) is 7.62. The molecule has 0 aliphatic heterocycles. The zero-order valence-electron chi connectivity index (χ0n) is 12.1. The van der Waals surface area contributed by atoms with Crippen molar-refractivity contribution in [2.45, 2.75) is 17.9 Å². The van der Waals surface area contributed by atoms with E-state index in [1.807, 2.05) is 31.2 Å². The number of thioether (sulfide) groups is 1. The van der Waals surface area contributed by atoms with Crippen LogP contribution in [-0.4, -0.2) is 12.9 Å². The van der Waals surface area contributed by atoms with Gasteiger partial charge in [-0.2, -0.15) is 0 Å². The lowest BCUT2D eigenvalue weighted by molar-refractivity contribution is 0.402. The molecule has 0 radical (unpaired) electrons. The van der Waals surface area contributed by atoms with Crippen LogP contribution in [0.15, 0.2) is 47.4 Å². The Morgan fingerprint density at radius 3 is 2.71 bits per heavy atom. The topological polar surface area (TPSA) is 47.3 Å². The van der Waals surface area contributed by atoms with Gasteiger partial charge in [-0.15, -0.1) is 11.8 Å². The van der Waals surface area contributed by atoms with Gasteiger partial charge in [0.2, 0.25) is 0 Å². The molecule has 0 aliphatic rings. The second-order valence-corrected chi connectivity index (χ2v) is 5.77. The fraction of sp³-hybridized carbons (Fsp3) is 0.250. The SMILES string of the molecule is COc1ccc(C)cc1C(CSc1ccccc1F)NN. The Bertz CT molecular complexity index is 607. The Balaban J connectivity index is 2.17. The van der Waals surface area contributed by atoms with Crippen molar-refractivity contribution >= 4 is 11.8 Å². The van der Waals surface area contributed by atoms with Gasteiger partial charge in [0.1, 0.15) is 11.6 Å². The summed E-state index contributed by atoms with van der Waals surface area (Å²) >= 11 is 1.43. The molecule has 0 fully saturated rings. The summed E-state index contributed by atoms with van der Waals surface area (Å²) in [6.45, 7) is 2.01. The highest BCUT2D eigenvalue weighted by molar-refractivity contribution is 7.99. The van der Waals surface area contributed by atoms with Crippen LogP contribution in [0.5, 0.6) is 5.75 Å². The van der Waals surface area contributed by atoms with Gasteiger partial charge >= 0.3 is 0 Å². The molecule has 21 heavy (non-hydrogen) atoms. The number of ether oxygens (including phenoxy) is 1. The van der Waals surface area contributed by atoms with Gasteiger partial charge in [0.15, 0.2) is 0 Å². The van der Waals surface area contributed by atoms with E-state index in [1.165, 1.54) is 17.8 Å². The van der Waals surface area contributed by atoms with E-state index in [0.29, 0.717) is 10.6 Å². The summed E-state index contributed by atoms with van der Waals surface area (Å²) in [4.78, 5) is 0.615. The van der Waals surface area contributed by atoms with Gasteiger partial charge in [-0.3, -0.25) is 11.3 Å². The highest BCUT2D eigenvalue weighted by Crippen LogP contribution is 2.31. The van der Waals surface area contributed by atoms with Crippen LogP contribution >= 0.6 is 11.8 Å². The third-order valence-electron chi connectivity index (χ3n) is 3.20. The molecular weight excluding hydrogens is 287 g/mol. The minimum absolute atomic E-state index is 0.121. The summed E-state index contributed by atoms with van der Waals surface area (Å²) in [6.07, 6.45) is 0. The van der Waals surface area contributed by atoms with E-state index in [2.05, 4.69) is 5.43 Å². The van der Waals surface area contributed by atoms with Crippen molar-refractivity contribution in [2.24, 2.45) is 5.84 Å². The molecule has 112 valence electrons. The summed E-state index contributed by atoms with van der Waals surface area (Å²) in [6, 6.07) is 12.5. The van der Waals surface area contributed by atoms with Crippen molar-refractivity contribution in [1.82, 2.24) is 5.43 Å². The lowest BCUT2D eigenvalue weighted by Crippen LogP contribution is -2.30. The van der Waals surface area contributed by atoms with E-state index >= 15 is 0 Å². The molecule has 2 rings (SSSR count). The fourth-order valence-electron chi connectivity index (χ4n) is 2.09. The number of hydrogen-bond acceptors (Lipinski definition) is 4. The molecule has 0 aliphatic carbocycles. The van der Waals surface area contributed by atoms with E-state index < -0.39 is 0 Å². The lowest BCUT2D eigenvalue weighted by Gasteiger charge is -2.19. The largest absolute Gasteiger partial charge is 0.496 e. The zero-order chi connectivity index (χ0) is 15.2. The molecule has 0 amide bonds. The fourth-order valence-corrected chi connectivity index (χ4v) is 3.09. The van der Waals surface area contributed by atoms with Gasteiger partial charge in [-0.25, -0.2) is 4.39 Å². The predicted octanol–water partition coefficient (Wildman–Crippen LogP) is 3.44. The molecule has 3 nitrogen and oxygen atoms in total. The number of nitrogens with one attached hydrogen (secondary N) is 1. The molecule has 1 unspecified atom stereocenters. The van der Waals surface area contributed by atoms with Gasteiger partial charge in [0.05, 0.1) is 13.2 Å². The molecule has 2 aromatic rings. The van der Waals surface area contributed by atoms with E-state index in [1.54, 1.807) is 19.2 Å². The average Bonchev–Trinajstić information content (AvgIpc) is 2.50. The molecule has 0 aromatic heterocycles. The van der Waals surface area contributed by atoms with E-state index in [0.717, 1.165) is 16.9 Å². The standard InChI is InChI=1S/C16H19FN2OS/c1-11-7-8-15(20-2)12(9-11)14(19-18)10-21-16-6-4-3-5-13(16)17/h3-9,14,19H,10,18H2,1-2H3. The monoisotopic (exact) mass is 306 g/mol. The van der Waals surface area contributed by atoms with E-state index in [9.17, 15) is 4.39 Å². The molecule has 0 spiro atoms. The summed E-state index contributed by atoms with van der Waals surface area (Å²) in [5.74, 6) is 6.84. The van der Waals surface area contributed by atoms with E-state index in [4.69, 9.17) is 10.6 Å². The van der Waals surface area contributed by atoms with Crippen LogP contribution in [-0.2, 0) is 0 Å². The van der Waals surface area contributed by atoms with Gasteiger partial charge in [-0.1, -0.05) is 29.8 Å². The van der Waals surface area contributed by atoms with Crippen molar-refractivity contribution in [3.8, 4) is 5.75 Å². The normalized spacial score (nSPS) is 12.2. The number of hydrazine groups is 1. The maximum Gasteiger partial charge on any atom is 0.136 e. The highest BCUT2D eigenvalue weighted by Gasteiger charge is 2.16. The van der Waals surface area contributed by atoms with Crippen LogP contribution in [0.2, 0.25) is 0 Å². The molecule has 0 heterocycles. The molecule has 0 bridgehead atoms. The van der Waals surface area contributed by atoms with E-state index in [-0.39, 0.29) is 11.9 Å². The Labute approximate surface area is 128 Å². The molecule has 3 N–H and O–H groups in total. The second kappa shape index (κ2) is 7.45. The van der Waals surface area contributed by atoms with Crippen molar-refractivity contribution < 1.29 is 9.13 Å². The van der Waals surface area contributed by atoms with Crippen molar-refractivity contribution in [1.29, 1.82) is 0 Å². The van der Waals surface area contributed by atoms with Crippen LogP contribution in [0, 0.1) is 12.7 Å². The van der Waals surface area contributed by atoms with Crippen LogP contribution in [0.1, 0.15) is 17.2 Å². The van der Waals surface area contributed by atoms with Crippen molar-refractivity contribution in [3.63, 3.8) is 0 Å². The lowest BCUT2D eigenvalue weighted by atomic mass is 10.0. The minimum atomic E-state index is -0.213. The quantitative estimate of drug-likeness (QED) is 0.487. The summed E-state index contributed by atoms with van der Waals surface area (Å²) in [5, 5.41) is 0. The van der Waals surface area contributed by atoms with Crippen LogP contribution in [0.25, 0.3) is 0 Å². The molecule has 0 saturated carbocycles. The Hall–Kier alpha value is -1.56. The van der Waals surface area contributed by atoms with Crippen LogP contribution in [0.3, 0.4) is 0 Å². The number of nitrogens with two attached hydrogens (primary N) is 1. The predicted molar refractivity (Wildman–Crippen MR) is 84.9 cm³/mol. The van der Waals surface area contributed by atoms with Crippen LogP contribution in [0.4, 0.5) is 4.39 Å². The number of aryl methyl sites for hydroxylation is 1. The third-order valence-corrected chi connectivity index (χ3v) is 4.35. The van der Waals surface area contributed by atoms with Gasteiger partial charge < -0.3 is 4.74 Å². The number of halogens is 1. The summed E-state index contributed by atoms with van der Waals surface area (Å²) in [5.41, 5.74) is 4.89. The van der Waals surface area contributed by atoms with Crippen LogP contribution < -0.4 is 16.0 Å². The summed E-state index contributed by atoms with van der Waals surface area (Å²) < 4.78 is 19.0. The second-order valence-electron chi connectivity index (χ2n) is 4.71. The molecule has 0 saturated heterocycles. The number of methoxy groups -OCH3 is 1. The molecule has 5 heteroatoms. The number of hydrogen-bond donors (Lipinski definition) is 2. The van der Waals surface area contributed by atoms with Gasteiger partial charge in [0, 0.05) is 16.2 Å². The molecule has 2 aromatic carbocycles. The highest BCUT2D eigenvalue weighted by atomic mass is 32.2. The first-order valence-electron chi connectivity index (χ1n) is 6.63. The Morgan fingerprint density at radius 1 is 1.29 bits per heavy atom. The third kappa shape index (κ3) is 3.97. The maximum absolute atomic E-state index is 13.7. The first-order chi connectivity index (χ1) is 10.2. The minimum Gasteiger partial charge on any atom is -0.496 e. The van der Waals surface area contributed by atoms with Gasteiger partial charge in [-0.05, 0) is 25.1 Å². The first kappa shape index (κ1) is 15.8. The maximum atomic E-state index is 13.7. The molecule has 1 atom stereocenters. The van der Waals surface area contributed by atoms with Gasteiger partial charge in [0.25, 0.3) is 0 Å². The van der Waals surface area contributed by atoms with Crippen molar-refractivity contribution in [2.75, 3.05) is 12.9 Å². The van der Waals surface area contributed by atoms with Crippen molar-refractivity contribution in [3.05, 3.63) is 59.4 Å². The smallest absolute Gasteiger partial charge is 0.136 e. The number of rotatable bonds is 6.